The van der Waals surface area contributed by atoms with Gasteiger partial charge in [0, 0.05) is 20.1 Å². The number of amides is 2. The second kappa shape index (κ2) is 9.58. The third-order valence-electron chi connectivity index (χ3n) is 7.33. The number of nitrogens with zero attached hydrogens (tertiary/aromatic N) is 7. The number of pyridine rings is 1. The summed E-state index contributed by atoms with van der Waals surface area (Å²) >= 11 is 0. The number of likely N-dealkylation sites (N-methyl/N-ethyl adjacent to an activating group) is 2. The van der Waals surface area contributed by atoms with Crippen LogP contribution in [0.1, 0.15) is 48.2 Å². The SMILES string of the molecule is Cc1cc(Nc2ncnc3c2ncn3CC(=O)N(C)CCN(C)C)c(=O)n2c1C(=O)NC21CCCCC1. The quantitative estimate of drug-likeness (QED) is 0.491. The van der Waals surface area contributed by atoms with Gasteiger partial charge in [0.15, 0.2) is 17.0 Å². The van der Waals surface area contributed by atoms with E-state index in [4.69, 9.17) is 0 Å². The number of nitrogens with one attached hydrogen (secondary N) is 2. The summed E-state index contributed by atoms with van der Waals surface area (Å²) in [7, 11) is 5.70. The first-order valence-corrected chi connectivity index (χ1v) is 12.6. The van der Waals surface area contributed by atoms with E-state index in [9.17, 15) is 14.4 Å². The fourth-order valence-electron chi connectivity index (χ4n) is 5.29. The highest BCUT2D eigenvalue weighted by Gasteiger charge is 2.45. The van der Waals surface area contributed by atoms with Crippen LogP contribution in [-0.2, 0) is 17.0 Å². The number of carbonyl (C=O) groups is 2. The zero-order chi connectivity index (χ0) is 26.3. The second-order valence-corrected chi connectivity index (χ2v) is 10.3. The lowest BCUT2D eigenvalue weighted by atomic mass is 9.89. The van der Waals surface area contributed by atoms with E-state index in [0.29, 0.717) is 40.5 Å². The lowest BCUT2D eigenvalue weighted by molar-refractivity contribution is -0.130. The maximum atomic E-state index is 13.7. The van der Waals surface area contributed by atoms with Crippen LogP contribution in [0.3, 0.4) is 0 Å². The fraction of sp³-hybridized carbons (Fsp3) is 0.520. The molecule has 2 N–H and O–H groups in total. The topological polar surface area (TPSA) is 130 Å². The molecule has 1 aliphatic carbocycles. The Hall–Kier alpha value is -3.80. The Labute approximate surface area is 214 Å². The highest BCUT2D eigenvalue weighted by Crippen LogP contribution is 2.37. The standard InChI is InChI=1S/C25H33N9O3/c1-16-12-17(24(37)34-20(16)23(36)30-25(34)8-6-5-7-9-25)29-21-19-22(27-14-26-21)33(15-28-19)13-18(35)32(4)11-10-31(2)3/h12,14-15H,5-11,13H2,1-4H3,(H,30,36)(H,26,27,29). The highest BCUT2D eigenvalue weighted by molar-refractivity contribution is 5.97. The van der Waals surface area contributed by atoms with Crippen LogP contribution >= 0.6 is 0 Å². The van der Waals surface area contributed by atoms with Gasteiger partial charge in [-0.2, -0.15) is 0 Å². The minimum Gasteiger partial charge on any atom is -0.343 e. The number of hydrogen-bond acceptors (Lipinski definition) is 8. The summed E-state index contributed by atoms with van der Waals surface area (Å²) in [6.45, 7) is 3.30. The Bertz CT molecular complexity index is 1420. The molecule has 1 spiro atoms. The molecule has 5 rings (SSSR count). The van der Waals surface area contributed by atoms with Crippen molar-refractivity contribution in [2.45, 2.75) is 51.2 Å². The average Bonchev–Trinajstić information content (AvgIpc) is 3.40. The first kappa shape index (κ1) is 24.9. The molecule has 0 radical (unpaired) electrons. The predicted molar refractivity (Wildman–Crippen MR) is 139 cm³/mol. The van der Waals surface area contributed by atoms with E-state index in [1.54, 1.807) is 33.5 Å². The lowest BCUT2D eigenvalue weighted by Crippen LogP contribution is -2.48. The van der Waals surface area contributed by atoms with Gasteiger partial charge in [-0.15, -0.1) is 0 Å². The largest absolute Gasteiger partial charge is 0.343 e. The fourth-order valence-corrected chi connectivity index (χ4v) is 5.29. The summed E-state index contributed by atoms with van der Waals surface area (Å²) in [5, 5.41) is 6.24. The summed E-state index contributed by atoms with van der Waals surface area (Å²) in [5.74, 6) is 0.104. The van der Waals surface area contributed by atoms with Crippen LogP contribution in [0.5, 0.6) is 0 Å². The summed E-state index contributed by atoms with van der Waals surface area (Å²) < 4.78 is 3.32. The highest BCUT2D eigenvalue weighted by atomic mass is 16.2. The average molecular weight is 508 g/mol. The molecule has 1 fully saturated rings. The zero-order valence-electron chi connectivity index (χ0n) is 21.7. The van der Waals surface area contributed by atoms with Gasteiger partial charge in [0.05, 0.1) is 6.33 Å². The Balaban J connectivity index is 1.45. The summed E-state index contributed by atoms with van der Waals surface area (Å²) in [6.07, 6.45) is 7.40. The molecule has 196 valence electrons. The van der Waals surface area contributed by atoms with Gasteiger partial charge in [-0.25, -0.2) is 15.0 Å². The lowest BCUT2D eigenvalue weighted by Gasteiger charge is -2.35. The van der Waals surface area contributed by atoms with E-state index < -0.39 is 5.66 Å². The number of aryl methyl sites for hydroxylation is 1. The molecular formula is C25H33N9O3. The van der Waals surface area contributed by atoms with Crippen molar-refractivity contribution in [2.24, 2.45) is 0 Å². The van der Waals surface area contributed by atoms with Crippen molar-refractivity contribution in [3.8, 4) is 0 Å². The van der Waals surface area contributed by atoms with Crippen molar-refractivity contribution in [2.75, 3.05) is 39.5 Å². The Morgan fingerprint density at radius 1 is 1.11 bits per heavy atom. The number of rotatable bonds is 7. The molecule has 3 aromatic rings. The second-order valence-electron chi connectivity index (χ2n) is 10.3. The Kier molecular flexibility index (Phi) is 6.44. The number of aromatic nitrogens is 5. The molecule has 12 nitrogen and oxygen atoms in total. The zero-order valence-corrected chi connectivity index (χ0v) is 21.7. The normalized spacial score (nSPS) is 16.3. The van der Waals surface area contributed by atoms with Crippen molar-refractivity contribution in [1.29, 1.82) is 0 Å². The van der Waals surface area contributed by atoms with Gasteiger partial charge in [-0.1, -0.05) is 6.42 Å². The number of anilines is 2. The van der Waals surface area contributed by atoms with Crippen molar-refractivity contribution in [3.63, 3.8) is 0 Å². The molecular weight excluding hydrogens is 474 g/mol. The van der Waals surface area contributed by atoms with Gasteiger partial charge in [0.1, 0.15) is 29.9 Å². The van der Waals surface area contributed by atoms with Gasteiger partial charge in [-0.3, -0.25) is 19.0 Å². The smallest absolute Gasteiger partial charge is 0.276 e. The molecule has 0 bridgehead atoms. The first-order chi connectivity index (χ1) is 17.7. The van der Waals surface area contributed by atoms with Crippen molar-refractivity contribution < 1.29 is 9.59 Å². The van der Waals surface area contributed by atoms with Crippen LogP contribution in [-0.4, -0.2) is 79.9 Å². The number of hydrogen-bond donors (Lipinski definition) is 2. The summed E-state index contributed by atoms with van der Waals surface area (Å²) in [5.41, 5.74) is 1.45. The maximum absolute atomic E-state index is 13.7. The number of carbonyl (C=O) groups excluding carboxylic acids is 2. The maximum Gasteiger partial charge on any atom is 0.276 e. The van der Waals surface area contributed by atoms with Crippen LogP contribution in [0.2, 0.25) is 0 Å². The van der Waals surface area contributed by atoms with Gasteiger partial charge < -0.3 is 25.0 Å². The third-order valence-corrected chi connectivity index (χ3v) is 7.33. The molecule has 12 heteroatoms. The Morgan fingerprint density at radius 3 is 2.59 bits per heavy atom. The molecule has 3 aromatic heterocycles. The molecule has 0 atom stereocenters. The molecule has 0 saturated heterocycles. The monoisotopic (exact) mass is 507 g/mol. The van der Waals surface area contributed by atoms with Crippen LogP contribution in [0, 0.1) is 6.92 Å². The van der Waals surface area contributed by atoms with Crippen molar-refractivity contribution in [3.05, 3.63) is 40.3 Å². The van der Waals surface area contributed by atoms with Crippen LogP contribution in [0.25, 0.3) is 11.2 Å². The van der Waals surface area contributed by atoms with E-state index in [2.05, 4.69) is 25.6 Å². The molecule has 2 amide bonds. The molecule has 2 aliphatic rings. The van der Waals surface area contributed by atoms with Gasteiger partial charge in [0.2, 0.25) is 5.91 Å². The van der Waals surface area contributed by atoms with Gasteiger partial charge >= 0.3 is 0 Å². The van der Waals surface area contributed by atoms with Gasteiger partial charge in [-0.05, 0) is 58.3 Å². The van der Waals surface area contributed by atoms with Crippen LogP contribution < -0.4 is 16.2 Å². The van der Waals surface area contributed by atoms with E-state index >= 15 is 0 Å². The Morgan fingerprint density at radius 2 is 1.86 bits per heavy atom. The van der Waals surface area contributed by atoms with E-state index in [1.807, 2.05) is 25.9 Å². The minimum atomic E-state index is -0.675. The third kappa shape index (κ3) is 4.45. The van der Waals surface area contributed by atoms with E-state index in [-0.39, 0.29) is 23.9 Å². The minimum absolute atomic E-state index is 0.0586. The number of fused-ring (bicyclic) bond motifs is 3. The molecule has 4 heterocycles. The van der Waals surface area contributed by atoms with Crippen LogP contribution in [0.4, 0.5) is 11.5 Å². The molecule has 0 unspecified atom stereocenters. The first-order valence-electron chi connectivity index (χ1n) is 12.6. The van der Waals surface area contributed by atoms with Gasteiger partial charge in [0.25, 0.3) is 11.5 Å². The predicted octanol–water partition coefficient (Wildman–Crippen LogP) is 1.42. The summed E-state index contributed by atoms with van der Waals surface area (Å²) in [4.78, 5) is 56.0. The van der Waals surface area contributed by atoms with Crippen molar-refractivity contribution in [1.82, 2.24) is 39.2 Å². The molecule has 37 heavy (non-hydrogen) atoms. The number of imidazole rings is 1. The molecule has 1 saturated carbocycles. The molecule has 0 aromatic carbocycles. The van der Waals surface area contributed by atoms with E-state index in [0.717, 1.165) is 38.6 Å². The molecule has 1 aliphatic heterocycles. The van der Waals surface area contributed by atoms with E-state index in [1.165, 1.54) is 6.33 Å². The van der Waals surface area contributed by atoms with Crippen molar-refractivity contribution >= 4 is 34.5 Å². The summed E-state index contributed by atoms with van der Waals surface area (Å²) in [6, 6.07) is 1.68. The van der Waals surface area contributed by atoms with Crippen LogP contribution in [0.15, 0.2) is 23.5 Å².